The molecule has 5 nitrogen and oxygen atoms in total. The van der Waals surface area contributed by atoms with Crippen LogP contribution in [0.4, 0.5) is 0 Å². The fraction of sp³-hybridized carbons (Fsp3) is 0.455. The van der Waals surface area contributed by atoms with E-state index in [1.54, 1.807) is 10.8 Å². The van der Waals surface area contributed by atoms with Crippen LogP contribution in [-0.4, -0.2) is 20.6 Å². The zero-order valence-electron chi connectivity index (χ0n) is 8.89. The second-order valence-electron chi connectivity index (χ2n) is 4.40. The molecule has 3 N–H and O–H groups in total. The number of rotatable bonds is 1. The van der Waals surface area contributed by atoms with Crippen molar-refractivity contribution in [2.45, 2.75) is 31.3 Å². The van der Waals surface area contributed by atoms with Crippen molar-refractivity contribution in [3.05, 3.63) is 28.8 Å². The third-order valence-corrected chi connectivity index (χ3v) is 3.29. The first kappa shape index (κ1) is 9.59. The Morgan fingerprint density at radius 2 is 2.38 bits per heavy atom. The van der Waals surface area contributed by atoms with Gasteiger partial charge in [-0.15, -0.1) is 0 Å². The molecule has 0 saturated heterocycles. The zero-order valence-corrected chi connectivity index (χ0v) is 8.89. The van der Waals surface area contributed by atoms with Crippen molar-refractivity contribution < 1.29 is 0 Å². The van der Waals surface area contributed by atoms with Gasteiger partial charge in [0.1, 0.15) is 0 Å². The van der Waals surface area contributed by atoms with Gasteiger partial charge in [0.25, 0.3) is 0 Å². The van der Waals surface area contributed by atoms with Crippen LogP contribution in [0, 0.1) is 0 Å². The lowest BCUT2D eigenvalue weighted by atomic mass is 10.2. The number of aromatic nitrogens is 3. The number of H-pyrrole nitrogens is 1. The SMILES string of the molecule is NC1CCC(n2c(=O)[nH]c3cccnc32)C1. The first-order chi connectivity index (χ1) is 7.75. The van der Waals surface area contributed by atoms with E-state index in [1.807, 2.05) is 12.1 Å². The van der Waals surface area contributed by atoms with Crippen LogP contribution in [0.15, 0.2) is 23.1 Å². The Morgan fingerprint density at radius 3 is 3.12 bits per heavy atom. The number of nitrogens with two attached hydrogens (primary N) is 1. The van der Waals surface area contributed by atoms with Crippen molar-refractivity contribution in [1.29, 1.82) is 0 Å². The molecule has 2 aromatic rings. The monoisotopic (exact) mass is 218 g/mol. The van der Waals surface area contributed by atoms with E-state index in [2.05, 4.69) is 9.97 Å². The molecule has 1 saturated carbocycles. The van der Waals surface area contributed by atoms with Gasteiger partial charge in [-0.3, -0.25) is 4.57 Å². The summed E-state index contributed by atoms with van der Waals surface area (Å²) >= 11 is 0. The maximum Gasteiger partial charge on any atom is 0.327 e. The fourth-order valence-electron chi connectivity index (χ4n) is 2.52. The van der Waals surface area contributed by atoms with Gasteiger partial charge in [0.15, 0.2) is 5.65 Å². The highest BCUT2D eigenvalue weighted by Gasteiger charge is 2.26. The van der Waals surface area contributed by atoms with Crippen LogP contribution >= 0.6 is 0 Å². The van der Waals surface area contributed by atoms with Gasteiger partial charge in [-0.2, -0.15) is 0 Å². The van der Waals surface area contributed by atoms with Crippen LogP contribution in [0.5, 0.6) is 0 Å². The minimum Gasteiger partial charge on any atom is -0.328 e. The van der Waals surface area contributed by atoms with Gasteiger partial charge in [0, 0.05) is 18.3 Å². The Kier molecular flexibility index (Phi) is 2.07. The average molecular weight is 218 g/mol. The Balaban J connectivity index is 2.15. The zero-order chi connectivity index (χ0) is 11.1. The third-order valence-electron chi connectivity index (χ3n) is 3.29. The Morgan fingerprint density at radius 1 is 1.50 bits per heavy atom. The molecule has 2 aromatic heterocycles. The van der Waals surface area contributed by atoms with Gasteiger partial charge >= 0.3 is 5.69 Å². The first-order valence-electron chi connectivity index (χ1n) is 5.56. The molecule has 84 valence electrons. The second kappa shape index (κ2) is 3.45. The highest BCUT2D eigenvalue weighted by Crippen LogP contribution is 2.29. The van der Waals surface area contributed by atoms with Gasteiger partial charge in [-0.05, 0) is 31.4 Å². The molecule has 1 fully saturated rings. The summed E-state index contributed by atoms with van der Waals surface area (Å²) in [5.74, 6) is 0. The Labute approximate surface area is 92.3 Å². The molecule has 0 spiro atoms. The average Bonchev–Trinajstić information content (AvgIpc) is 2.80. The lowest BCUT2D eigenvalue weighted by Gasteiger charge is -2.10. The molecule has 0 aromatic carbocycles. The molecule has 2 atom stereocenters. The third kappa shape index (κ3) is 1.36. The number of imidazole rings is 1. The van der Waals surface area contributed by atoms with Crippen LogP contribution in [0.25, 0.3) is 11.2 Å². The molecule has 5 heteroatoms. The summed E-state index contributed by atoms with van der Waals surface area (Å²) < 4.78 is 1.75. The molecule has 3 rings (SSSR count). The van der Waals surface area contributed by atoms with Crippen molar-refractivity contribution in [3.8, 4) is 0 Å². The normalized spacial score (nSPS) is 25.3. The van der Waals surface area contributed by atoms with E-state index in [0.717, 1.165) is 30.4 Å². The van der Waals surface area contributed by atoms with E-state index in [0.29, 0.717) is 0 Å². The summed E-state index contributed by atoms with van der Waals surface area (Å²) in [6, 6.07) is 4.11. The maximum atomic E-state index is 11.9. The number of pyridine rings is 1. The Bertz CT molecular complexity index is 571. The number of aromatic amines is 1. The van der Waals surface area contributed by atoms with E-state index in [4.69, 9.17) is 5.73 Å². The van der Waals surface area contributed by atoms with Crippen LogP contribution in [0.2, 0.25) is 0 Å². The van der Waals surface area contributed by atoms with Crippen molar-refractivity contribution in [2.75, 3.05) is 0 Å². The van der Waals surface area contributed by atoms with Crippen molar-refractivity contribution in [3.63, 3.8) is 0 Å². The minimum atomic E-state index is -0.0761. The van der Waals surface area contributed by atoms with Crippen LogP contribution in [-0.2, 0) is 0 Å². The summed E-state index contributed by atoms with van der Waals surface area (Å²) in [7, 11) is 0. The molecular formula is C11H14N4O. The molecule has 16 heavy (non-hydrogen) atoms. The molecule has 2 unspecified atom stereocenters. The minimum absolute atomic E-state index is 0.0761. The number of nitrogens with one attached hydrogen (secondary N) is 1. The highest BCUT2D eigenvalue weighted by atomic mass is 16.1. The van der Waals surface area contributed by atoms with Gasteiger partial charge in [0.2, 0.25) is 0 Å². The van der Waals surface area contributed by atoms with Crippen LogP contribution in [0.1, 0.15) is 25.3 Å². The van der Waals surface area contributed by atoms with E-state index < -0.39 is 0 Å². The standard InChI is InChI=1S/C11H14N4O/c12-7-3-4-8(6-7)15-10-9(14-11(15)16)2-1-5-13-10/h1-2,5,7-8H,3-4,6,12H2,(H,14,16). The predicted molar refractivity (Wildman–Crippen MR) is 61.2 cm³/mol. The Hall–Kier alpha value is -1.62. The second-order valence-corrected chi connectivity index (χ2v) is 4.40. The number of nitrogens with zero attached hydrogens (tertiary/aromatic N) is 2. The molecule has 1 aliphatic rings. The summed E-state index contributed by atoms with van der Waals surface area (Å²) in [5, 5.41) is 0. The smallest absolute Gasteiger partial charge is 0.327 e. The summed E-state index contributed by atoms with van der Waals surface area (Å²) in [5.41, 5.74) is 7.34. The quantitative estimate of drug-likeness (QED) is 0.742. The fourth-order valence-corrected chi connectivity index (χ4v) is 2.52. The van der Waals surface area contributed by atoms with Gasteiger partial charge in [-0.1, -0.05) is 0 Å². The number of hydrogen-bond donors (Lipinski definition) is 2. The van der Waals surface area contributed by atoms with Gasteiger partial charge < -0.3 is 10.7 Å². The lowest BCUT2D eigenvalue weighted by Crippen LogP contribution is -2.23. The van der Waals surface area contributed by atoms with Crippen LogP contribution < -0.4 is 11.4 Å². The maximum absolute atomic E-state index is 11.9. The topological polar surface area (TPSA) is 76.7 Å². The van der Waals surface area contributed by atoms with Gasteiger partial charge in [0.05, 0.1) is 5.52 Å². The van der Waals surface area contributed by atoms with Gasteiger partial charge in [-0.25, -0.2) is 9.78 Å². The van der Waals surface area contributed by atoms with Crippen molar-refractivity contribution in [2.24, 2.45) is 5.73 Å². The van der Waals surface area contributed by atoms with Crippen molar-refractivity contribution >= 4 is 11.2 Å². The molecule has 0 bridgehead atoms. The largest absolute Gasteiger partial charge is 0.328 e. The number of hydrogen-bond acceptors (Lipinski definition) is 3. The molecule has 0 radical (unpaired) electrons. The van der Waals surface area contributed by atoms with E-state index in [-0.39, 0.29) is 17.8 Å². The number of fused-ring (bicyclic) bond motifs is 1. The summed E-state index contributed by atoms with van der Waals surface area (Å²) in [4.78, 5) is 18.9. The summed E-state index contributed by atoms with van der Waals surface area (Å²) in [6.07, 6.45) is 4.52. The van der Waals surface area contributed by atoms with E-state index >= 15 is 0 Å². The lowest BCUT2D eigenvalue weighted by molar-refractivity contribution is 0.506. The molecule has 1 aliphatic carbocycles. The molecule has 2 heterocycles. The molecule has 0 aliphatic heterocycles. The molecule has 0 amide bonds. The van der Waals surface area contributed by atoms with E-state index in [1.165, 1.54) is 0 Å². The predicted octanol–water partition coefficient (Wildman–Crippen LogP) is 0.777. The first-order valence-corrected chi connectivity index (χ1v) is 5.56. The van der Waals surface area contributed by atoms with E-state index in [9.17, 15) is 4.79 Å². The van der Waals surface area contributed by atoms with Crippen molar-refractivity contribution in [1.82, 2.24) is 14.5 Å². The van der Waals surface area contributed by atoms with Crippen LogP contribution in [0.3, 0.4) is 0 Å². The summed E-state index contributed by atoms with van der Waals surface area (Å²) in [6.45, 7) is 0. The highest BCUT2D eigenvalue weighted by molar-refractivity contribution is 5.70. The molecular weight excluding hydrogens is 204 g/mol.